The summed E-state index contributed by atoms with van der Waals surface area (Å²) in [7, 11) is 1.52. The highest BCUT2D eigenvalue weighted by Crippen LogP contribution is 2.27. The zero-order chi connectivity index (χ0) is 18.2. The van der Waals surface area contributed by atoms with Crippen molar-refractivity contribution in [3.8, 4) is 5.75 Å². The largest absolute Gasteiger partial charge is 0.495 e. The molecule has 0 spiro atoms. The molecule has 0 aliphatic rings. The van der Waals surface area contributed by atoms with Crippen molar-refractivity contribution in [3.05, 3.63) is 58.6 Å². The highest BCUT2D eigenvalue weighted by molar-refractivity contribution is 6.31. The lowest BCUT2D eigenvalue weighted by Gasteiger charge is -2.09. The van der Waals surface area contributed by atoms with Gasteiger partial charge in [0.05, 0.1) is 19.0 Å². The summed E-state index contributed by atoms with van der Waals surface area (Å²) in [5.74, 6) is 0.647. The van der Waals surface area contributed by atoms with Gasteiger partial charge in [-0.15, -0.1) is 0 Å². The van der Waals surface area contributed by atoms with Crippen LogP contribution in [0.25, 0.3) is 0 Å². The number of nitrogens with zero attached hydrogens (tertiary/aromatic N) is 1. The van der Waals surface area contributed by atoms with Gasteiger partial charge in [0.1, 0.15) is 5.75 Å². The van der Waals surface area contributed by atoms with E-state index in [0.29, 0.717) is 22.4 Å². The number of oxime groups is 1. The fourth-order valence-electron chi connectivity index (χ4n) is 2.13. The number of ether oxygens (including phenoxy) is 1. The Morgan fingerprint density at radius 1 is 1.24 bits per heavy atom. The molecule has 0 saturated heterocycles. The Kier molecular flexibility index (Phi) is 6.83. The van der Waals surface area contributed by atoms with E-state index in [9.17, 15) is 4.79 Å². The van der Waals surface area contributed by atoms with Gasteiger partial charge in [-0.1, -0.05) is 54.9 Å². The maximum atomic E-state index is 11.9. The molecule has 0 unspecified atom stereocenters. The third-order valence-corrected chi connectivity index (χ3v) is 3.75. The van der Waals surface area contributed by atoms with Gasteiger partial charge in [-0.05, 0) is 35.2 Å². The molecule has 2 aromatic carbocycles. The summed E-state index contributed by atoms with van der Waals surface area (Å²) >= 11 is 5.92. The Morgan fingerprint density at radius 2 is 1.96 bits per heavy atom. The minimum atomic E-state index is -0.354. The summed E-state index contributed by atoms with van der Waals surface area (Å²) in [6, 6.07) is 13.0. The predicted molar refractivity (Wildman–Crippen MR) is 101 cm³/mol. The van der Waals surface area contributed by atoms with E-state index < -0.39 is 0 Å². The molecular weight excluding hydrogens is 340 g/mol. The van der Waals surface area contributed by atoms with E-state index >= 15 is 0 Å². The van der Waals surface area contributed by atoms with Crippen LogP contribution >= 0.6 is 11.6 Å². The summed E-state index contributed by atoms with van der Waals surface area (Å²) in [5.41, 5.74) is 2.64. The number of halogens is 1. The van der Waals surface area contributed by atoms with Crippen molar-refractivity contribution in [1.82, 2.24) is 0 Å². The van der Waals surface area contributed by atoms with Crippen molar-refractivity contribution < 1.29 is 14.4 Å². The smallest absolute Gasteiger partial charge is 0.265 e. The van der Waals surface area contributed by atoms with Gasteiger partial charge in [0, 0.05) is 5.02 Å². The number of anilines is 1. The molecule has 2 aromatic rings. The van der Waals surface area contributed by atoms with Gasteiger partial charge in [0.2, 0.25) is 0 Å². The van der Waals surface area contributed by atoms with Gasteiger partial charge >= 0.3 is 0 Å². The Hall–Kier alpha value is -2.53. The van der Waals surface area contributed by atoms with Gasteiger partial charge in [-0.2, -0.15) is 0 Å². The van der Waals surface area contributed by atoms with Crippen LogP contribution in [0.5, 0.6) is 5.75 Å². The van der Waals surface area contributed by atoms with Crippen molar-refractivity contribution >= 4 is 29.4 Å². The monoisotopic (exact) mass is 360 g/mol. The standard InChI is InChI=1S/C19H21ClN2O3/c1-13(2)15-6-4-14(5-7-15)11-21-25-12-19(23)22-17-10-16(20)8-9-18(17)24-3/h4-11,13H,12H2,1-3H3,(H,22,23)/b21-11-. The Balaban J connectivity index is 1.85. The lowest BCUT2D eigenvalue weighted by atomic mass is 10.0. The molecule has 0 aliphatic carbocycles. The number of carbonyl (C=O) groups is 1. The number of hydrogen-bond donors (Lipinski definition) is 1. The zero-order valence-electron chi connectivity index (χ0n) is 14.5. The number of benzene rings is 2. The molecule has 0 atom stereocenters. The van der Waals surface area contributed by atoms with Crippen LogP contribution in [0.4, 0.5) is 5.69 Å². The topological polar surface area (TPSA) is 59.9 Å². The first-order valence-electron chi connectivity index (χ1n) is 7.88. The van der Waals surface area contributed by atoms with Crippen molar-refractivity contribution in [3.63, 3.8) is 0 Å². The maximum Gasteiger partial charge on any atom is 0.265 e. The molecular formula is C19H21ClN2O3. The molecule has 0 heterocycles. The number of nitrogens with one attached hydrogen (secondary N) is 1. The molecule has 5 nitrogen and oxygen atoms in total. The number of carbonyl (C=O) groups excluding carboxylic acids is 1. The highest BCUT2D eigenvalue weighted by atomic mass is 35.5. The van der Waals surface area contributed by atoms with E-state index in [1.165, 1.54) is 12.7 Å². The van der Waals surface area contributed by atoms with Gasteiger partial charge < -0.3 is 14.9 Å². The molecule has 0 aromatic heterocycles. The first-order chi connectivity index (χ1) is 12.0. The summed E-state index contributed by atoms with van der Waals surface area (Å²) in [6.45, 7) is 4.07. The summed E-state index contributed by atoms with van der Waals surface area (Å²) < 4.78 is 5.17. The Labute approximate surface area is 152 Å². The minimum absolute atomic E-state index is 0.212. The Morgan fingerprint density at radius 3 is 2.60 bits per heavy atom. The molecule has 0 fully saturated rings. The quantitative estimate of drug-likeness (QED) is 0.585. The molecule has 0 bridgehead atoms. The SMILES string of the molecule is COc1ccc(Cl)cc1NC(=O)CO/N=C\c1ccc(C(C)C)cc1. The second-order valence-electron chi connectivity index (χ2n) is 5.72. The first-order valence-corrected chi connectivity index (χ1v) is 8.26. The molecule has 132 valence electrons. The van der Waals surface area contributed by atoms with Crippen LogP contribution in [-0.2, 0) is 9.63 Å². The molecule has 2 rings (SSSR count). The number of methoxy groups -OCH3 is 1. The van der Waals surface area contributed by atoms with Gasteiger partial charge in [-0.3, -0.25) is 4.79 Å². The fraction of sp³-hybridized carbons (Fsp3) is 0.263. The lowest BCUT2D eigenvalue weighted by Crippen LogP contribution is -2.17. The molecule has 1 amide bonds. The zero-order valence-corrected chi connectivity index (χ0v) is 15.2. The van der Waals surface area contributed by atoms with Gasteiger partial charge in [-0.25, -0.2) is 0 Å². The lowest BCUT2D eigenvalue weighted by molar-refractivity contribution is -0.120. The van der Waals surface area contributed by atoms with E-state index in [2.05, 4.69) is 24.3 Å². The van der Waals surface area contributed by atoms with Crippen LogP contribution in [0, 0.1) is 0 Å². The first kappa shape index (κ1) is 18.8. The van der Waals surface area contributed by atoms with Gasteiger partial charge in [0.15, 0.2) is 6.61 Å². The van der Waals surface area contributed by atoms with E-state index in [0.717, 1.165) is 5.56 Å². The van der Waals surface area contributed by atoms with E-state index in [1.807, 2.05) is 24.3 Å². The molecule has 0 saturated carbocycles. The van der Waals surface area contributed by atoms with Crippen LogP contribution in [0.3, 0.4) is 0 Å². The number of hydrogen-bond acceptors (Lipinski definition) is 4. The van der Waals surface area contributed by atoms with Crippen molar-refractivity contribution in [2.75, 3.05) is 19.0 Å². The highest BCUT2D eigenvalue weighted by Gasteiger charge is 2.08. The number of rotatable bonds is 7. The van der Waals surface area contributed by atoms with Crippen LogP contribution in [0.15, 0.2) is 47.6 Å². The normalized spacial score (nSPS) is 10.9. The maximum absolute atomic E-state index is 11.9. The van der Waals surface area contributed by atoms with E-state index in [4.69, 9.17) is 21.2 Å². The van der Waals surface area contributed by atoms with E-state index in [-0.39, 0.29) is 12.5 Å². The minimum Gasteiger partial charge on any atom is -0.495 e. The molecule has 1 N–H and O–H groups in total. The van der Waals surface area contributed by atoms with Crippen LogP contribution < -0.4 is 10.1 Å². The van der Waals surface area contributed by atoms with E-state index in [1.54, 1.807) is 24.4 Å². The molecule has 0 radical (unpaired) electrons. The third-order valence-electron chi connectivity index (χ3n) is 3.51. The number of amides is 1. The average molecular weight is 361 g/mol. The summed E-state index contributed by atoms with van der Waals surface area (Å²) in [5, 5.41) is 6.99. The third kappa shape index (κ3) is 5.80. The van der Waals surface area contributed by atoms with Crippen molar-refractivity contribution in [2.45, 2.75) is 19.8 Å². The van der Waals surface area contributed by atoms with Crippen molar-refractivity contribution in [1.29, 1.82) is 0 Å². The molecule has 6 heteroatoms. The van der Waals surface area contributed by atoms with Crippen LogP contribution in [0.2, 0.25) is 5.02 Å². The summed E-state index contributed by atoms with van der Waals surface area (Å²) in [4.78, 5) is 17.0. The predicted octanol–water partition coefficient (Wildman–Crippen LogP) is 4.46. The molecule has 25 heavy (non-hydrogen) atoms. The second kappa shape index (κ2) is 9.08. The van der Waals surface area contributed by atoms with Crippen molar-refractivity contribution in [2.24, 2.45) is 5.16 Å². The second-order valence-corrected chi connectivity index (χ2v) is 6.16. The Bertz CT molecular complexity index is 743. The average Bonchev–Trinajstić information content (AvgIpc) is 2.59. The summed E-state index contributed by atoms with van der Waals surface area (Å²) in [6.07, 6.45) is 1.57. The fourth-order valence-corrected chi connectivity index (χ4v) is 2.30. The van der Waals surface area contributed by atoms with Crippen LogP contribution in [0.1, 0.15) is 30.9 Å². The van der Waals surface area contributed by atoms with Gasteiger partial charge in [0.25, 0.3) is 5.91 Å². The molecule has 0 aliphatic heterocycles. The van der Waals surface area contributed by atoms with Crippen LogP contribution in [-0.4, -0.2) is 25.8 Å².